The number of nitrogens with one attached hydrogen (secondary N) is 1. The number of carbonyl (C=O) groups excluding carboxylic acids is 1. The molecule has 5 nitrogen and oxygen atoms in total. The van der Waals surface area contributed by atoms with Gasteiger partial charge in [0.1, 0.15) is 5.75 Å². The second kappa shape index (κ2) is 8.70. The number of aromatic nitrogens is 1. The normalized spacial score (nSPS) is 17.0. The fourth-order valence-electron chi connectivity index (χ4n) is 4.33. The number of aromatic amines is 1. The van der Waals surface area contributed by atoms with E-state index in [4.69, 9.17) is 4.74 Å². The Morgan fingerprint density at radius 1 is 1.17 bits per heavy atom. The van der Waals surface area contributed by atoms with E-state index in [2.05, 4.69) is 41.3 Å². The minimum absolute atomic E-state index is 0.0207. The molecule has 1 aliphatic rings. The Morgan fingerprint density at radius 2 is 1.97 bits per heavy atom. The number of hydrogen-bond donors (Lipinski definition) is 1. The maximum Gasteiger partial charge on any atom is 0.240 e. The smallest absolute Gasteiger partial charge is 0.240 e. The third-order valence-corrected chi connectivity index (χ3v) is 6.00. The summed E-state index contributed by atoms with van der Waals surface area (Å²) in [5, 5.41) is 1.23. The van der Waals surface area contributed by atoms with Crippen molar-refractivity contribution in [1.82, 2.24) is 14.8 Å². The molecule has 0 unspecified atom stereocenters. The number of rotatable bonds is 7. The van der Waals surface area contributed by atoms with Gasteiger partial charge in [-0.1, -0.05) is 36.4 Å². The minimum atomic E-state index is -0.0207. The zero-order chi connectivity index (χ0) is 20.2. The van der Waals surface area contributed by atoms with Crippen LogP contribution in [-0.4, -0.2) is 54.0 Å². The number of methoxy groups -OCH3 is 1. The number of carbonyl (C=O) groups is 1. The highest BCUT2D eigenvalue weighted by Crippen LogP contribution is 2.24. The molecule has 1 aliphatic heterocycles. The van der Waals surface area contributed by atoms with Gasteiger partial charge in [0, 0.05) is 35.8 Å². The van der Waals surface area contributed by atoms with Crippen molar-refractivity contribution in [2.24, 2.45) is 0 Å². The topological polar surface area (TPSA) is 48.6 Å². The van der Waals surface area contributed by atoms with Gasteiger partial charge in [0.2, 0.25) is 5.91 Å². The summed E-state index contributed by atoms with van der Waals surface area (Å²) in [6.45, 7) is 2.24. The van der Waals surface area contributed by atoms with E-state index in [1.807, 2.05) is 35.2 Å². The van der Waals surface area contributed by atoms with Gasteiger partial charge in [0.05, 0.1) is 13.2 Å². The first-order chi connectivity index (χ1) is 14.2. The average Bonchev–Trinajstić information content (AvgIpc) is 3.37. The van der Waals surface area contributed by atoms with Crippen molar-refractivity contribution in [3.05, 3.63) is 65.9 Å². The second-order valence-corrected chi connectivity index (χ2v) is 7.82. The standard InChI is InChI=1S/C24H29N3O2/c1-26-14-7-11-22(26)24(28)27(17-19-8-3-6-12-23(19)29-2)15-13-18-16-25-21-10-5-4-9-20(18)21/h3-6,8-10,12,16,22,25H,7,11,13-15,17H2,1-2H3/t22-/m0/s1. The van der Waals surface area contributed by atoms with E-state index in [0.717, 1.165) is 42.6 Å². The molecule has 1 amide bonds. The molecule has 0 aliphatic carbocycles. The van der Waals surface area contributed by atoms with E-state index in [9.17, 15) is 4.79 Å². The van der Waals surface area contributed by atoms with E-state index in [1.165, 1.54) is 10.9 Å². The molecule has 1 N–H and O–H groups in total. The van der Waals surface area contributed by atoms with Crippen LogP contribution in [0.2, 0.25) is 0 Å². The molecule has 29 heavy (non-hydrogen) atoms. The third kappa shape index (κ3) is 4.15. The molecule has 3 aromatic rings. The van der Waals surface area contributed by atoms with E-state index in [0.29, 0.717) is 13.1 Å². The molecular formula is C24H29N3O2. The second-order valence-electron chi connectivity index (χ2n) is 7.82. The highest BCUT2D eigenvalue weighted by molar-refractivity contribution is 5.84. The number of para-hydroxylation sites is 2. The molecule has 152 valence electrons. The Labute approximate surface area is 172 Å². The van der Waals surface area contributed by atoms with Crippen LogP contribution in [0.1, 0.15) is 24.0 Å². The van der Waals surface area contributed by atoms with E-state index >= 15 is 0 Å². The number of amides is 1. The van der Waals surface area contributed by atoms with Crippen LogP contribution in [0.4, 0.5) is 0 Å². The fraction of sp³-hybridized carbons (Fsp3) is 0.375. The average molecular weight is 392 g/mol. The van der Waals surface area contributed by atoms with E-state index in [-0.39, 0.29) is 11.9 Å². The van der Waals surface area contributed by atoms with Gasteiger partial charge in [0.15, 0.2) is 0 Å². The Morgan fingerprint density at radius 3 is 2.76 bits per heavy atom. The summed E-state index contributed by atoms with van der Waals surface area (Å²) < 4.78 is 5.53. The van der Waals surface area contributed by atoms with Crippen LogP contribution >= 0.6 is 0 Å². The first-order valence-corrected chi connectivity index (χ1v) is 10.3. The fourth-order valence-corrected chi connectivity index (χ4v) is 4.33. The largest absolute Gasteiger partial charge is 0.496 e. The Hall–Kier alpha value is -2.79. The van der Waals surface area contributed by atoms with Crippen LogP contribution in [0.15, 0.2) is 54.7 Å². The number of fused-ring (bicyclic) bond motifs is 1. The monoisotopic (exact) mass is 391 g/mol. The first kappa shape index (κ1) is 19.5. The molecule has 1 saturated heterocycles. The molecule has 2 heterocycles. The molecule has 0 radical (unpaired) electrons. The van der Waals surface area contributed by atoms with Crippen molar-refractivity contribution in [3.63, 3.8) is 0 Å². The Kier molecular flexibility index (Phi) is 5.86. The zero-order valence-corrected chi connectivity index (χ0v) is 17.2. The highest BCUT2D eigenvalue weighted by Gasteiger charge is 2.31. The molecule has 5 heteroatoms. The summed E-state index contributed by atoms with van der Waals surface area (Å²) >= 11 is 0. The zero-order valence-electron chi connectivity index (χ0n) is 17.2. The lowest BCUT2D eigenvalue weighted by Gasteiger charge is -2.29. The predicted molar refractivity (Wildman–Crippen MR) is 116 cm³/mol. The van der Waals surface area contributed by atoms with Gasteiger partial charge in [-0.25, -0.2) is 0 Å². The van der Waals surface area contributed by atoms with Gasteiger partial charge in [-0.2, -0.15) is 0 Å². The third-order valence-electron chi connectivity index (χ3n) is 6.00. The molecule has 1 fully saturated rings. The number of likely N-dealkylation sites (N-methyl/N-ethyl adjacent to an activating group) is 1. The quantitative estimate of drug-likeness (QED) is 0.666. The Balaban J connectivity index is 1.56. The summed E-state index contributed by atoms with van der Waals surface area (Å²) in [5.41, 5.74) is 3.43. The van der Waals surface area contributed by atoms with Crippen LogP contribution in [0.5, 0.6) is 5.75 Å². The van der Waals surface area contributed by atoms with Crippen LogP contribution in [0, 0.1) is 0 Å². The maximum absolute atomic E-state index is 13.4. The van der Waals surface area contributed by atoms with Crippen molar-refractivity contribution in [3.8, 4) is 5.75 Å². The summed E-state index contributed by atoms with van der Waals surface area (Å²) in [4.78, 5) is 20.9. The first-order valence-electron chi connectivity index (χ1n) is 10.3. The summed E-state index contributed by atoms with van der Waals surface area (Å²) in [6.07, 6.45) is 4.90. The van der Waals surface area contributed by atoms with Crippen molar-refractivity contribution >= 4 is 16.8 Å². The molecule has 1 atom stereocenters. The summed E-state index contributed by atoms with van der Waals surface area (Å²) in [5.74, 6) is 1.05. The number of benzene rings is 2. The van der Waals surface area contributed by atoms with E-state index < -0.39 is 0 Å². The highest BCUT2D eigenvalue weighted by atomic mass is 16.5. The molecule has 0 spiro atoms. The van der Waals surface area contributed by atoms with Crippen LogP contribution < -0.4 is 4.74 Å². The lowest BCUT2D eigenvalue weighted by Crippen LogP contribution is -2.44. The number of nitrogens with zero attached hydrogens (tertiary/aromatic N) is 2. The molecule has 4 rings (SSSR count). The number of H-pyrrole nitrogens is 1. The van der Waals surface area contributed by atoms with Gasteiger partial charge in [-0.3, -0.25) is 9.69 Å². The number of hydrogen-bond acceptors (Lipinski definition) is 3. The number of likely N-dealkylation sites (tertiary alicyclic amines) is 1. The molecule has 1 aromatic heterocycles. The minimum Gasteiger partial charge on any atom is -0.496 e. The summed E-state index contributed by atoms with van der Waals surface area (Å²) in [6, 6.07) is 16.3. The molecule has 2 aromatic carbocycles. The predicted octanol–water partition coefficient (Wildman–Crippen LogP) is 3.84. The molecule has 0 saturated carbocycles. The van der Waals surface area contributed by atoms with Crippen LogP contribution in [0.3, 0.4) is 0 Å². The van der Waals surface area contributed by atoms with Crippen molar-refractivity contribution in [2.75, 3.05) is 27.2 Å². The number of ether oxygens (including phenoxy) is 1. The van der Waals surface area contributed by atoms with Gasteiger partial charge < -0.3 is 14.6 Å². The van der Waals surface area contributed by atoms with Gasteiger partial charge in [-0.05, 0) is 50.6 Å². The Bertz CT molecular complexity index is 981. The maximum atomic E-state index is 13.4. The van der Waals surface area contributed by atoms with Gasteiger partial charge >= 0.3 is 0 Å². The van der Waals surface area contributed by atoms with Crippen molar-refractivity contribution in [1.29, 1.82) is 0 Å². The van der Waals surface area contributed by atoms with Crippen LogP contribution in [0.25, 0.3) is 10.9 Å². The van der Waals surface area contributed by atoms with E-state index in [1.54, 1.807) is 7.11 Å². The summed E-state index contributed by atoms with van der Waals surface area (Å²) in [7, 11) is 3.73. The molecular weight excluding hydrogens is 362 g/mol. The lowest BCUT2D eigenvalue weighted by molar-refractivity contribution is -0.136. The lowest BCUT2D eigenvalue weighted by atomic mass is 10.1. The van der Waals surface area contributed by atoms with Crippen molar-refractivity contribution in [2.45, 2.75) is 31.8 Å². The molecule has 0 bridgehead atoms. The van der Waals surface area contributed by atoms with Crippen LogP contribution in [-0.2, 0) is 17.8 Å². The van der Waals surface area contributed by atoms with Gasteiger partial charge in [-0.15, -0.1) is 0 Å². The van der Waals surface area contributed by atoms with Crippen molar-refractivity contribution < 1.29 is 9.53 Å². The van der Waals surface area contributed by atoms with Gasteiger partial charge in [0.25, 0.3) is 0 Å². The SMILES string of the molecule is COc1ccccc1CN(CCc1c[nH]c2ccccc12)C(=O)[C@@H]1CCCN1C.